The molecule has 1 unspecified atom stereocenters. The number of nitrogens with two attached hydrogens (primary N) is 1. The number of hydrogen-bond acceptors (Lipinski definition) is 8. The van der Waals surface area contributed by atoms with Crippen LogP contribution in [0.2, 0.25) is 0 Å². The Bertz CT molecular complexity index is 1270. The van der Waals surface area contributed by atoms with Crippen molar-refractivity contribution in [1.29, 1.82) is 0 Å². The summed E-state index contributed by atoms with van der Waals surface area (Å²) in [5.74, 6) is -0.258. The lowest BCUT2D eigenvalue weighted by Gasteiger charge is -2.33. The summed E-state index contributed by atoms with van der Waals surface area (Å²) in [4.78, 5) is 39.6. The van der Waals surface area contributed by atoms with E-state index in [1.54, 1.807) is 44.2 Å². The van der Waals surface area contributed by atoms with Gasteiger partial charge in [-0.1, -0.05) is 44.2 Å². The first kappa shape index (κ1) is 31.9. The number of phosphoric acid groups is 2. The van der Waals surface area contributed by atoms with Crippen LogP contribution in [0.25, 0.3) is 0 Å². The normalized spacial score (nSPS) is 15.7. The van der Waals surface area contributed by atoms with E-state index >= 15 is 0 Å². The molecule has 0 aromatic heterocycles. The zero-order valence-electron chi connectivity index (χ0n) is 20.5. The molecule has 0 bridgehead atoms. The molecule has 0 saturated carbocycles. The summed E-state index contributed by atoms with van der Waals surface area (Å²) in [6.07, 6.45) is -3.43. The van der Waals surface area contributed by atoms with Crippen LogP contribution >= 0.6 is 15.6 Å². The van der Waals surface area contributed by atoms with Gasteiger partial charge in [-0.05, 0) is 42.2 Å². The maximum absolute atomic E-state index is 13.5. The Hall–Kier alpha value is -2.32. The van der Waals surface area contributed by atoms with E-state index in [0.717, 1.165) is 4.31 Å². The van der Waals surface area contributed by atoms with E-state index in [0.29, 0.717) is 11.3 Å². The highest BCUT2D eigenvalue weighted by Crippen LogP contribution is 2.58. The summed E-state index contributed by atoms with van der Waals surface area (Å²) >= 11 is 0. The Morgan fingerprint density at radius 1 is 1.03 bits per heavy atom. The number of amides is 1. The minimum absolute atomic E-state index is 0.118. The van der Waals surface area contributed by atoms with Gasteiger partial charge in [0.05, 0.1) is 10.9 Å². The zero-order valence-corrected chi connectivity index (χ0v) is 23.1. The monoisotopic (exact) mass is 595 g/mol. The number of carbonyl (C=O) groups is 1. The van der Waals surface area contributed by atoms with E-state index in [-0.39, 0.29) is 23.8 Å². The van der Waals surface area contributed by atoms with Crippen LogP contribution in [0.15, 0.2) is 59.5 Å². The number of hydrogen-bond donors (Lipinski definition) is 6. The van der Waals surface area contributed by atoms with Crippen molar-refractivity contribution in [3.63, 3.8) is 0 Å². The first-order chi connectivity index (χ1) is 17.5. The molecule has 212 valence electrons. The van der Waals surface area contributed by atoms with E-state index in [1.807, 2.05) is 0 Å². The van der Waals surface area contributed by atoms with Gasteiger partial charge in [0, 0.05) is 18.8 Å². The number of sulfonamides is 1. The van der Waals surface area contributed by atoms with E-state index in [1.165, 1.54) is 24.3 Å². The van der Waals surface area contributed by atoms with Crippen molar-refractivity contribution < 1.29 is 51.0 Å². The smallest absolute Gasteiger partial charge is 0.465 e. The lowest BCUT2D eigenvalue weighted by atomic mass is 10.0. The lowest BCUT2D eigenvalue weighted by molar-refractivity contribution is 0.0803. The third kappa shape index (κ3) is 10.4. The number of anilines is 1. The van der Waals surface area contributed by atoms with Gasteiger partial charge < -0.3 is 30.8 Å². The van der Waals surface area contributed by atoms with Gasteiger partial charge in [-0.15, -0.1) is 0 Å². The fourth-order valence-electron chi connectivity index (χ4n) is 3.53. The van der Waals surface area contributed by atoms with Gasteiger partial charge >= 0.3 is 21.7 Å². The summed E-state index contributed by atoms with van der Waals surface area (Å²) in [5.41, 5.74) is 6.52. The maximum atomic E-state index is 13.5. The quantitative estimate of drug-likeness (QED) is 0.137. The topological polar surface area (TPSA) is 226 Å². The predicted molar refractivity (Wildman–Crippen MR) is 137 cm³/mol. The highest BCUT2D eigenvalue weighted by atomic mass is 32.2. The van der Waals surface area contributed by atoms with Crippen LogP contribution in [0.4, 0.5) is 10.5 Å². The molecule has 0 fully saturated rings. The highest BCUT2D eigenvalue weighted by Gasteiger charge is 2.40. The molecule has 0 aliphatic rings. The van der Waals surface area contributed by atoms with Crippen LogP contribution in [-0.2, 0) is 34.4 Å². The van der Waals surface area contributed by atoms with Crippen molar-refractivity contribution in [2.24, 2.45) is 5.92 Å². The summed E-state index contributed by atoms with van der Waals surface area (Å²) in [5, 5.41) is 11.6. The van der Waals surface area contributed by atoms with Crippen molar-refractivity contribution in [3.05, 3.63) is 60.2 Å². The average Bonchev–Trinajstić information content (AvgIpc) is 2.76. The van der Waals surface area contributed by atoms with Gasteiger partial charge in [-0.2, -0.15) is 8.62 Å². The number of nitrogen functional groups attached to an aromatic ring is 1. The van der Waals surface area contributed by atoms with Crippen molar-refractivity contribution in [2.45, 2.75) is 37.3 Å². The molecule has 1 amide bonds. The first-order valence-electron chi connectivity index (χ1n) is 11.2. The van der Waals surface area contributed by atoms with Crippen molar-refractivity contribution in [1.82, 2.24) is 9.62 Å². The molecule has 14 nitrogen and oxygen atoms in total. The molecule has 2 aromatic carbocycles. The molecule has 0 heterocycles. The molecule has 3 atom stereocenters. The maximum Gasteiger partial charge on any atom is 0.481 e. The zero-order chi connectivity index (χ0) is 28.7. The van der Waals surface area contributed by atoms with Crippen LogP contribution in [-0.4, -0.2) is 63.8 Å². The second-order valence-electron chi connectivity index (χ2n) is 8.72. The SMILES string of the molecule is CC(C)CN(C[C@H](OP(=O)(O)OP(=O)(O)O)[C@H](Cc1ccccc1)NC(=O)O)S(=O)(=O)c1ccc(N)cc1. The van der Waals surface area contributed by atoms with Crippen molar-refractivity contribution in [3.8, 4) is 0 Å². The summed E-state index contributed by atoms with van der Waals surface area (Å²) in [7, 11) is -15.3. The molecule has 0 saturated heterocycles. The van der Waals surface area contributed by atoms with Crippen molar-refractivity contribution >= 4 is 37.4 Å². The minimum atomic E-state index is -5.53. The number of benzene rings is 2. The van der Waals surface area contributed by atoms with Gasteiger partial charge in [0.15, 0.2) is 0 Å². The third-order valence-electron chi connectivity index (χ3n) is 5.00. The second kappa shape index (κ2) is 13.2. The fraction of sp³-hybridized carbons (Fsp3) is 0.381. The molecule has 7 N–H and O–H groups in total. The number of phosphoric ester groups is 1. The van der Waals surface area contributed by atoms with Crippen LogP contribution in [0.5, 0.6) is 0 Å². The largest absolute Gasteiger partial charge is 0.481 e. The number of nitrogens with zero attached hydrogens (tertiary/aromatic N) is 1. The average molecular weight is 596 g/mol. The van der Waals surface area contributed by atoms with Gasteiger partial charge in [0.1, 0.15) is 6.10 Å². The van der Waals surface area contributed by atoms with E-state index in [9.17, 15) is 32.3 Å². The molecule has 38 heavy (non-hydrogen) atoms. The summed E-state index contributed by atoms with van der Waals surface area (Å²) in [6.45, 7) is 2.63. The number of rotatable bonds is 14. The minimum Gasteiger partial charge on any atom is -0.465 e. The van der Waals surface area contributed by atoms with E-state index in [2.05, 4.69) is 9.63 Å². The van der Waals surface area contributed by atoms with Gasteiger partial charge in [0.25, 0.3) is 0 Å². The Morgan fingerprint density at radius 3 is 2.11 bits per heavy atom. The predicted octanol–water partition coefficient (Wildman–Crippen LogP) is 2.39. The van der Waals surface area contributed by atoms with Gasteiger partial charge in [-0.25, -0.2) is 22.3 Å². The molecule has 2 aromatic rings. The lowest BCUT2D eigenvalue weighted by Crippen LogP contribution is -2.51. The van der Waals surface area contributed by atoms with E-state index < -0.39 is 50.5 Å². The van der Waals surface area contributed by atoms with Crippen molar-refractivity contribution in [2.75, 3.05) is 18.8 Å². The second-order valence-corrected chi connectivity index (χ2v) is 13.4. The third-order valence-corrected chi connectivity index (χ3v) is 9.06. The molecule has 0 aliphatic carbocycles. The fourth-order valence-corrected chi connectivity index (χ4v) is 6.93. The molecule has 0 spiro atoms. The Labute approximate surface area is 220 Å². The van der Waals surface area contributed by atoms with Crippen LogP contribution in [0.1, 0.15) is 19.4 Å². The Balaban J connectivity index is 2.57. The number of carboxylic acid groups (broad SMARTS) is 1. The summed E-state index contributed by atoms with van der Waals surface area (Å²) < 4.78 is 60.7. The number of nitrogens with one attached hydrogen (secondary N) is 1. The highest BCUT2D eigenvalue weighted by molar-refractivity contribution is 7.89. The standard InChI is InChI=1S/C21H31N3O11P2S/c1-15(2)13-24(38(32,33)18-10-8-17(22)9-11-18)14-20(34-37(30,31)35-36(27,28)29)19(23-21(25)26)12-16-6-4-3-5-7-16/h3-11,15,19-20,23H,12-14,22H2,1-2H3,(H,25,26)(H,30,31)(H2,27,28,29)/t19-,20-/m0/s1. The van der Waals surface area contributed by atoms with Crippen LogP contribution in [0, 0.1) is 5.92 Å². The molecular weight excluding hydrogens is 564 g/mol. The van der Waals surface area contributed by atoms with Gasteiger partial charge in [0.2, 0.25) is 10.0 Å². The molecule has 0 radical (unpaired) electrons. The Kier molecular flexibility index (Phi) is 11.0. The summed E-state index contributed by atoms with van der Waals surface area (Å²) in [6, 6.07) is 12.2. The molecule has 0 aliphatic heterocycles. The van der Waals surface area contributed by atoms with Crippen LogP contribution < -0.4 is 11.1 Å². The Morgan fingerprint density at radius 2 is 1.61 bits per heavy atom. The van der Waals surface area contributed by atoms with Gasteiger partial charge in [-0.3, -0.25) is 4.52 Å². The van der Waals surface area contributed by atoms with E-state index in [4.69, 9.17) is 20.0 Å². The molecule has 2 rings (SSSR count). The first-order valence-corrected chi connectivity index (χ1v) is 15.6. The molecule has 17 heteroatoms. The van der Waals surface area contributed by atoms with Crippen LogP contribution in [0.3, 0.4) is 0 Å². The molecular formula is C21H31N3O11P2S.